The number of nitro groups is 1. The van der Waals surface area contributed by atoms with Gasteiger partial charge in [-0.2, -0.15) is 9.67 Å². The van der Waals surface area contributed by atoms with E-state index in [4.69, 9.17) is 0 Å². The highest BCUT2D eigenvalue weighted by Crippen LogP contribution is 2.12. The lowest BCUT2D eigenvalue weighted by Crippen LogP contribution is -2.40. The van der Waals surface area contributed by atoms with Gasteiger partial charge in [-0.05, 0) is 23.8 Å². The molecule has 0 aliphatic rings. The summed E-state index contributed by atoms with van der Waals surface area (Å²) in [5.74, 6) is -0.235. The van der Waals surface area contributed by atoms with E-state index in [0.717, 1.165) is 5.56 Å². The highest BCUT2D eigenvalue weighted by Gasteiger charge is 2.06. The molecule has 0 unspecified atom stereocenters. The fourth-order valence-electron chi connectivity index (χ4n) is 1.75. The normalized spacial score (nSPS) is 11.0. The molecule has 7 nitrogen and oxygen atoms in total. The zero-order valence-electron chi connectivity index (χ0n) is 12.2. The van der Waals surface area contributed by atoms with Crippen molar-refractivity contribution in [3.63, 3.8) is 0 Å². The Hall–Kier alpha value is -3.35. The lowest BCUT2D eigenvalue weighted by atomic mass is 10.2. The molecule has 1 heterocycles. The summed E-state index contributed by atoms with van der Waals surface area (Å²) < 4.78 is 1.73. The van der Waals surface area contributed by atoms with E-state index in [1.54, 1.807) is 41.2 Å². The number of pyridine rings is 1. The fourth-order valence-corrected chi connectivity index (χ4v) is 1.75. The van der Waals surface area contributed by atoms with Gasteiger partial charge in [0, 0.05) is 30.5 Å². The summed E-state index contributed by atoms with van der Waals surface area (Å²) in [6.07, 6.45) is 8.38. The Balaban J connectivity index is 1.79. The van der Waals surface area contributed by atoms with Crippen LogP contribution in [0.5, 0.6) is 0 Å². The topological polar surface area (TPSA) is 88.5 Å². The number of non-ortho nitro benzene ring substituents is 1. The number of hydrazone groups is 1. The van der Waals surface area contributed by atoms with Gasteiger partial charge in [0.25, 0.3) is 5.69 Å². The summed E-state index contributed by atoms with van der Waals surface area (Å²) in [6.45, 7) is 0.185. The first-order chi connectivity index (χ1) is 11.1. The van der Waals surface area contributed by atoms with Crippen LogP contribution in [0.1, 0.15) is 5.56 Å². The minimum atomic E-state index is -0.449. The number of nitro benzene ring substituents is 1. The minimum absolute atomic E-state index is 0.0430. The Labute approximate surface area is 132 Å². The molecule has 1 aromatic heterocycles. The third-order valence-corrected chi connectivity index (χ3v) is 2.85. The summed E-state index contributed by atoms with van der Waals surface area (Å²) in [5.41, 5.74) is 3.25. The molecule has 7 heteroatoms. The molecule has 0 fully saturated rings. The Morgan fingerprint density at radius 2 is 1.91 bits per heavy atom. The van der Waals surface area contributed by atoms with Crippen molar-refractivity contribution >= 4 is 23.9 Å². The number of aromatic nitrogens is 1. The molecule has 1 amide bonds. The van der Waals surface area contributed by atoms with Gasteiger partial charge < -0.3 is 0 Å². The predicted molar refractivity (Wildman–Crippen MR) is 85.4 cm³/mol. The van der Waals surface area contributed by atoms with Gasteiger partial charge in [0.1, 0.15) is 0 Å². The van der Waals surface area contributed by atoms with Crippen LogP contribution in [-0.2, 0) is 11.3 Å². The van der Waals surface area contributed by atoms with E-state index in [1.165, 1.54) is 18.3 Å². The third-order valence-electron chi connectivity index (χ3n) is 2.85. The number of nitrogens with one attached hydrogen (secondary N) is 1. The molecule has 2 rings (SSSR count). The lowest BCUT2D eigenvalue weighted by molar-refractivity contribution is -0.684. The van der Waals surface area contributed by atoms with E-state index in [0.29, 0.717) is 0 Å². The maximum atomic E-state index is 11.6. The first-order valence-corrected chi connectivity index (χ1v) is 6.82. The highest BCUT2D eigenvalue weighted by molar-refractivity contribution is 5.80. The molecular weight excluding hydrogens is 296 g/mol. The van der Waals surface area contributed by atoms with Crippen molar-refractivity contribution in [3.05, 3.63) is 76.6 Å². The molecule has 0 saturated heterocycles. The van der Waals surface area contributed by atoms with E-state index < -0.39 is 4.92 Å². The number of rotatable bonds is 6. The molecule has 0 saturated carbocycles. The van der Waals surface area contributed by atoms with Crippen LogP contribution >= 0.6 is 0 Å². The SMILES string of the molecule is O=C(C[n+]1ccccc1)N/N=C/C=C/c1ccc([N+](=O)[O-])cc1. The number of carbonyl (C=O) groups is 1. The van der Waals surface area contributed by atoms with Crippen molar-refractivity contribution < 1.29 is 14.3 Å². The van der Waals surface area contributed by atoms with Gasteiger partial charge in [-0.3, -0.25) is 14.9 Å². The molecule has 116 valence electrons. The molecule has 0 atom stereocenters. The lowest BCUT2D eigenvalue weighted by Gasteiger charge is -1.95. The first kappa shape index (κ1) is 16.0. The van der Waals surface area contributed by atoms with Gasteiger partial charge in [-0.25, -0.2) is 5.43 Å². The Morgan fingerprint density at radius 1 is 1.22 bits per heavy atom. The molecule has 0 spiro atoms. The van der Waals surface area contributed by atoms with Crippen molar-refractivity contribution in [3.8, 4) is 0 Å². The smallest absolute Gasteiger partial charge is 0.266 e. The van der Waals surface area contributed by atoms with E-state index in [1.807, 2.05) is 18.2 Å². The van der Waals surface area contributed by atoms with Gasteiger partial charge >= 0.3 is 5.91 Å². The molecule has 1 aromatic carbocycles. The second-order valence-corrected chi connectivity index (χ2v) is 4.57. The van der Waals surface area contributed by atoms with Gasteiger partial charge in [0.15, 0.2) is 12.4 Å². The van der Waals surface area contributed by atoms with Crippen molar-refractivity contribution in [2.45, 2.75) is 6.54 Å². The van der Waals surface area contributed by atoms with Crippen LogP contribution in [-0.4, -0.2) is 17.0 Å². The summed E-state index contributed by atoms with van der Waals surface area (Å²) >= 11 is 0. The van der Waals surface area contributed by atoms with Crippen molar-refractivity contribution in [1.82, 2.24) is 5.43 Å². The van der Waals surface area contributed by atoms with Crippen LogP contribution in [0.2, 0.25) is 0 Å². The van der Waals surface area contributed by atoms with E-state index in [9.17, 15) is 14.9 Å². The standard InChI is InChI=1S/C16H14N4O3/c21-16(13-19-11-2-1-3-12-19)18-17-10-4-5-14-6-8-15(9-7-14)20(22)23/h1-12H,13H2/p+1/b5-4+,17-10+. The van der Waals surface area contributed by atoms with Crippen molar-refractivity contribution in [1.29, 1.82) is 0 Å². The third kappa shape index (κ3) is 5.50. The predicted octanol–water partition coefficient (Wildman–Crippen LogP) is 1.70. The average molecular weight is 311 g/mol. The minimum Gasteiger partial charge on any atom is -0.266 e. The average Bonchev–Trinajstić information content (AvgIpc) is 2.56. The summed E-state index contributed by atoms with van der Waals surface area (Å²) in [4.78, 5) is 21.7. The Morgan fingerprint density at radius 3 is 2.57 bits per heavy atom. The largest absolute Gasteiger partial charge is 0.305 e. The first-order valence-electron chi connectivity index (χ1n) is 6.82. The molecular formula is C16H15N4O3+. The summed E-state index contributed by atoms with van der Waals surface area (Å²) in [6, 6.07) is 11.7. The van der Waals surface area contributed by atoms with Gasteiger partial charge in [-0.1, -0.05) is 12.1 Å². The van der Waals surface area contributed by atoms with Gasteiger partial charge in [0.2, 0.25) is 6.54 Å². The molecule has 0 aliphatic heterocycles. The van der Waals surface area contributed by atoms with E-state index >= 15 is 0 Å². The molecule has 1 N–H and O–H groups in total. The van der Waals surface area contributed by atoms with E-state index in [-0.39, 0.29) is 18.1 Å². The number of nitrogens with zero attached hydrogens (tertiary/aromatic N) is 3. The number of allylic oxidation sites excluding steroid dienone is 1. The van der Waals surface area contributed by atoms with Crippen molar-refractivity contribution in [2.24, 2.45) is 5.10 Å². The summed E-state index contributed by atoms with van der Waals surface area (Å²) in [5, 5.41) is 14.3. The van der Waals surface area contributed by atoms with Crippen LogP contribution < -0.4 is 9.99 Å². The number of amides is 1. The molecule has 2 aromatic rings. The Bertz CT molecular complexity index is 725. The number of hydrogen-bond acceptors (Lipinski definition) is 4. The maximum absolute atomic E-state index is 11.6. The fraction of sp³-hybridized carbons (Fsp3) is 0.0625. The number of hydrogen-bond donors (Lipinski definition) is 1. The monoisotopic (exact) mass is 311 g/mol. The van der Waals surface area contributed by atoms with Crippen LogP contribution in [0.3, 0.4) is 0 Å². The summed E-state index contributed by atoms with van der Waals surface area (Å²) in [7, 11) is 0. The number of carbonyl (C=O) groups excluding carboxylic acids is 1. The number of benzene rings is 1. The second kappa shape index (κ2) is 8.18. The van der Waals surface area contributed by atoms with Crippen molar-refractivity contribution in [2.75, 3.05) is 0 Å². The molecule has 0 aliphatic carbocycles. The quantitative estimate of drug-likeness (QED) is 0.381. The van der Waals surface area contributed by atoms with Crippen LogP contribution in [0, 0.1) is 10.1 Å². The highest BCUT2D eigenvalue weighted by atomic mass is 16.6. The molecule has 0 bridgehead atoms. The van der Waals surface area contributed by atoms with Gasteiger partial charge in [-0.15, -0.1) is 0 Å². The molecule has 23 heavy (non-hydrogen) atoms. The molecule has 0 radical (unpaired) electrons. The zero-order chi connectivity index (χ0) is 16.5. The van der Waals surface area contributed by atoms with Crippen LogP contribution in [0.4, 0.5) is 5.69 Å². The van der Waals surface area contributed by atoms with E-state index in [2.05, 4.69) is 10.5 Å². The Kier molecular flexibility index (Phi) is 5.70. The van der Waals surface area contributed by atoms with Crippen LogP contribution in [0.15, 0.2) is 66.0 Å². The zero-order valence-corrected chi connectivity index (χ0v) is 12.2. The second-order valence-electron chi connectivity index (χ2n) is 4.57. The maximum Gasteiger partial charge on any atom is 0.305 e. The van der Waals surface area contributed by atoms with Crippen LogP contribution in [0.25, 0.3) is 6.08 Å². The van der Waals surface area contributed by atoms with Gasteiger partial charge in [0.05, 0.1) is 4.92 Å².